The highest BCUT2D eigenvalue weighted by Gasteiger charge is 2.51. The molecule has 0 aromatic carbocycles. The molecular formula is C19H23F3N2O4S. The SMILES string of the molecule is O=C(CC1CC1)N1CC2(CC(OCc3ccccn3)CS2)C1.O=C(O)C(F)(F)F. The Morgan fingerprint density at radius 1 is 1.31 bits per heavy atom. The molecule has 1 aromatic heterocycles. The van der Waals surface area contributed by atoms with Gasteiger partial charge in [-0.15, -0.1) is 11.8 Å². The number of hydrogen-bond acceptors (Lipinski definition) is 5. The topological polar surface area (TPSA) is 79.7 Å². The number of carbonyl (C=O) groups excluding carboxylic acids is 1. The average molecular weight is 432 g/mol. The predicted octanol–water partition coefficient (Wildman–Crippen LogP) is 3.12. The summed E-state index contributed by atoms with van der Waals surface area (Å²) in [4.78, 5) is 27.3. The van der Waals surface area contributed by atoms with E-state index in [0.29, 0.717) is 24.5 Å². The molecular weight excluding hydrogens is 409 g/mol. The molecule has 1 aromatic rings. The van der Waals surface area contributed by atoms with E-state index in [1.54, 1.807) is 6.20 Å². The minimum Gasteiger partial charge on any atom is -0.475 e. The number of carboxylic acids is 1. The van der Waals surface area contributed by atoms with E-state index in [0.717, 1.165) is 37.4 Å². The summed E-state index contributed by atoms with van der Waals surface area (Å²) in [5, 5.41) is 7.12. The van der Waals surface area contributed by atoms with Gasteiger partial charge in [0.05, 0.1) is 23.2 Å². The Morgan fingerprint density at radius 3 is 2.55 bits per heavy atom. The molecule has 6 nitrogen and oxygen atoms in total. The van der Waals surface area contributed by atoms with Crippen LogP contribution < -0.4 is 0 Å². The van der Waals surface area contributed by atoms with Crippen LogP contribution >= 0.6 is 11.8 Å². The molecule has 1 spiro atoms. The summed E-state index contributed by atoms with van der Waals surface area (Å²) in [5.41, 5.74) is 0.989. The Kier molecular flexibility index (Phi) is 6.72. The van der Waals surface area contributed by atoms with Gasteiger partial charge in [0, 0.05) is 31.5 Å². The fourth-order valence-corrected chi connectivity index (χ4v) is 4.89. The van der Waals surface area contributed by atoms with Crippen LogP contribution in [0.3, 0.4) is 0 Å². The maximum Gasteiger partial charge on any atom is 0.490 e. The molecule has 0 radical (unpaired) electrons. The van der Waals surface area contributed by atoms with Crippen LogP contribution in [0, 0.1) is 5.92 Å². The Hall–Kier alpha value is -1.81. The first-order valence-electron chi connectivity index (χ1n) is 9.40. The second-order valence-electron chi connectivity index (χ2n) is 7.65. The summed E-state index contributed by atoms with van der Waals surface area (Å²) in [5.74, 6) is -0.661. The molecule has 0 bridgehead atoms. The number of carboxylic acid groups (broad SMARTS) is 1. The molecule has 1 atom stereocenters. The van der Waals surface area contributed by atoms with E-state index >= 15 is 0 Å². The molecule has 29 heavy (non-hydrogen) atoms. The fourth-order valence-electron chi connectivity index (χ4n) is 3.34. The van der Waals surface area contributed by atoms with Gasteiger partial charge in [0.1, 0.15) is 0 Å². The Morgan fingerprint density at radius 2 is 2.00 bits per heavy atom. The molecule has 1 N–H and O–H groups in total. The zero-order valence-electron chi connectivity index (χ0n) is 15.7. The predicted molar refractivity (Wildman–Crippen MR) is 100 cm³/mol. The molecule has 1 unspecified atom stereocenters. The first-order chi connectivity index (χ1) is 13.7. The fraction of sp³-hybridized carbons (Fsp3) is 0.632. The van der Waals surface area contributed by atoms with Crippen LogP contribution in [0.15, 0.2) is 24.4 Å². The number of alkyl halides is 3. The number of rotatable bonds is 5. The Bertz CT molecular complexity index is 722. The second kappa shape index (κ2) is 8.91. The normalized spacial score (nSPS) is 22.6. The number of carbonyl (C=O) groups is 2. The van der Waals surface area contributed by atoms with Crippen LogP contribution in [-0.4, -0.2) is 62.7 Å². The molecule has 3 fully saturated rings. The lowest BCUT2D eigenvalue weighted by Crippen LogP contribution is -2.60. The van der Waals surface area contributed by atoms with E-state index in [9.17, 15) is 18.0 Å². The van der Waals surface area contributed by atoms with Gasteiger partial charge in [-0.05, 0) is 37.3 Å². The lowest BCUT2D eigenvalue weighted by molar-refractivity contribution is -0.192. The van der Waals surface area contributed by atoms with Crippen molar-refractivity contribution < 1.29 is 32.6 Å². The van der Waals surface area contributed by atoms with Crippen LogP contribution in [0.2, 0.25) is 0 Å². The van der Waals surface area contributed by atoms with Crippen molar-refractivity contribution in [3.8, 4) is 0 Å². The average Bonchev–Trinajstić information content (AvgIpc) is 3.34. The number of amides is 1. The number of likely N-dealkylation sites (tertiary alicyclic amines) is 1. The largest absolute Gasteiger partial charge is 0.490 e. The number of thioether (sulfide) groups is 1. The van der Waals surface area contributed by atoms with Crippen LogP contribution in [0.5, 0.6) is 0 Å². The van der Waals surface area contributed by atoms with Crippen molar-refractivity contribution in [1.29, 1.82) is 0 Å². The van der Waals surface area contributed by atoms with Crippen LogP contribution in [-0.2, 0) is 20.9 Å². The molecule has 10 heteroatoms. The van der Waals surface area contributed by atoms with Gasteiger partial charge in [0.2, 0.25) is 5.91 Å². The summed E-state index contributed by atoms with van der Waals surface area (Å²) in [6.07, 6.45) is 1.37. The van der Waals surface area contributed by atoms with Gasteiger partial charge in [0.25, 0.3) is 0 Å². The third-order valence-electron chi connectivity index (χ3n) is 5.08. The van der Waals surface area contributed by atoms with Crippen molar-refractivity contribution >= 4 is 23.6 Å². The summed E-state index contributed by atoms with van der Waals surface area (Å²) in [6, 6.07) is 5.91. The van der Waals surface area contributed by atoms with Crippen LogP contribution in [0.1, 0.15) is 31.4 Å². The number of aliphatic carboxylic acids is 1. The lowest BCUT2D eigenvalue weighted by Gasteiger charge is -2.47. The van der Waals surface area contributed by atoms with Crippen molar-refractivity contribution in [2.75, 3.05) is 18.8 Å². The monoisotopic (exact) mass is 432 g/mol. The Balaban J connectivity index is 0.000000298. The number of halogens is 3. The highest BCUT2D eigenvalue weighted by Crippen LogP contribution is 2.47. The van der Waals surface area contributed by atoms with Crippen molar-refractivity contribution in [3.05, 3.63) is 30.1 Å². The lowest BCUT2D eigenvalue weighted by atomic mass is 9.92. The van der Waals surface area contributed by atoms with Crippen molar-refractivity contribution in [2.24, 2.45) is 5.92 Å². The van der Waals surface area contributed by atoms with Crippen molar-refractivity contribution in [3.63, 3.8) is 0 Å². The summed E-state index contributed by atoms with van der Waals surface area (Å²) >= 11 is 1.99. The molecule has 4 rings (SSSR count). The highest BCUT2D eigenvalue weighted by molar-refractivity contribution is 8.01. The van der Waals surface area contributed by atoms with E-state index in [1.807, 2.05) is 34.9 Å². The highest BCUT2D eigenvalue weighted by atomic mass is 32.2. The summed E-state index contributed by atoms with van der Waals surface area (Å²) in [6.45, 7) is 2.44. The number of pyridine rings is 1. The maximum atomic E-state index is 12.1. The summed E-state index contributed by atoms with van der Waals surface area (Å²) in [7, 11) is 0. The van der Waals surface area contributed by atoms with Gasteiger partial charge in [0.15, 0.2) is 0 Å². The maximum absolute atomic E-state index is 12.1. The molecule has 2 aliphatic heterocycles. The van der Waals surface area contributed by atoms with Crippen molar-refractivity contribution in [1.82, 2.24) is 9.88 Å². The standard InChI is InChI=1S/C17H22N2O2S.C2HF3O2/c20-16(7-13-4-5-13)19-11-17(12-19)8-15(10-22-17)21-9-14-3-1-2-6-18-14;3-2(4,5)1(6)7/h1-3,6,13,15H,4-5,7-12H2;(H,6,7). The van der Waals surface area contributed by atoms with Gasteiger partial charge >= 0.3 is 12.1 Å². The third-order valence-corrected chi connectivity index (χ3v) is 6.66. The zero-order valence-corrected chi connectivity index (χ0v) is 16.5. The molecule has 160 valence electrons. The van der Waals surface area contributed by atoms with E-state index in [1.165, 1.54) is 12.8 Å². The van der Waals surface area contributed by atoms with Crippen molar-refractivity contribution in [2.45, 2.75) is 49.3 Å². The second-order valence-corrected chi connectivity index (χ2v) is 9.14. The summed E-state index contributed by atoms with van der Waals surface area (Å²) < 4.78 is 38.0. The minimum atomic E-state index is -5.08. The molecule has 1 saturated carbocycles. The van der Waals surface area contributed by atoms with Gasteiger partial charge in [-0.2, -0.15) is 13.2 Å². The van der Waals surface area contributed by atoms with Gasteiger partial charge < -0.3 is 14.7 Å². The quantitative estimate of drug-likeness (QED) is 0.770. The Labute approximate surface area is 170 Å². The number of nitrogens with zero attached hydrogens (tertiary/aromatic N) is 2. The minimum absolute atomic E-state index is 0.272. The van der Waals surface area contributed by atoms with E-state index in [4.69, 9.17) is 14.6 Å². The molecule has 1 amide bonds. The first kappa shape index (κ1) is 21.9. The van der Waals surface area contributed by atoms with Gasteiger partial charge in [-0.3, -0.25) is 9.78 Å². The van der Waals surface area contributed by atoms with E-state index in [2.05, 4.69) is 4.98 Å². The number of hydrogen-bond donors (Lipinski definition) is 1. The molecule has 1 aliphatic carbocycles. The van der Waals surface area contributed by atoms with E-state index in [-0.39, 0.29) is 4.75 Å². The van der Waals surface area contributed by atoms with Crippen LogP contribution in [0.4, 0.5) is 13.2 Å². The van der Waals surface area contributed by atoms with Gasteiger partial charge in [-0.25, -0.2) is 4.79 Å². The zero-order chi connectivity index (χ0) is 21.1. The smallest absolute Gasteiger partial charge is 0.475 e. The van der Waals surface area contributed by atoms with Gasteiger partial charge in [-0.1, -0.05) is 6.07 Å². The van der Waals surface area contributed by atoms with Crippen LogP contribution in [0.25, 0.3) is 0 Å². The number of ether oxygens (including phenoxy) is 1. The molecule has 3 aliphatic rings. The number of aromatic nitrogens is 1. The first-order valence-corrected chi connectivity index (χ1v) is 10.4. The molecule has 3 heterocycles. The molecule has 2 saturated heterocycles. The van der Waals surface area contributed by atoms with E-state index < -0.39 is 12.1 Å². The third kappa shape index (κ3) is 6.33.